The fraction of sp³-hybridized carbons (Fsp3) is 0.696. The van der Waals surface area contributed by atoms with Crippen molar-refractivity contribution >= 4 is 18.2 Å². The molecule has 12 nitrogen and oxygen atoms in total. The zero-order valence-corrected chi connectivity index (χ0v) is 21.1. The van der Waals surface area contributed by atoms with Crippen LogP contribution in [0.15, 0.2) is 29.6 Å². The van der Waals surface area contributed by atoms with Gasteiger partial charge in [-0.25, -0.2) is 9.59 Å². The van der Waals surface area contributed by atoms with Gasteiger partial charge >= 0.3 is 18.2 Å². The van der Waals surface area contributed by atoms with E-state index in [2.05, 4.69) is 27.2 Å². The number of nitrogens with one attached hydrogen (secondary N) is 2. The minimum Gasteiger partial charge on any atom is -0.493 e. The first-order valence-corrected chi connectivity index (χ1v) is 11.6. The fourth-order valence-corrected chi connectivity index (χ4v) is 3.37. The second-order valence-corrected chi connectivity index (χ2v) is 8.82. The van der Waals surface area contributed by atoms with E-state index in [1.54, 1.807) is 33.8 Å². The molecule has 196 valence electrons. The molecule has 0 heterocycles. The van der Waals surface area contributed by atoms with Gasteiger partial charge in [-0.3, -0.25) is 4.79 Å². The first kappa shape index (κ1) is 29.6. The third kappa shape index (κ3) is 11.0. The Morgan fingerprint density at radius 1 is 1.26 bits per heavy atom. The lowest BCUT2D eigenvalue weighted by molar-refractivity contribution is -0.147. The molecule has 0 saturated carbocycles. The molecule has 0 aromatic heterocycles. The maximum absolute atomic E-state index is 12.6. The molecule has 1 aliphatic carbocycles. The molecule has 0 aliphatic heterocycles. The van der Waals surface area contributed by atoms with Crippen molar-refractivity contribution in [2.24, 2.45) is 11.0 Å². The summed E-state index contributed by atoms with van der Waals surface area (Å²) in [6.07, 6.45) is 2.28. The molecular weight excluding hydrogens is 458 g/mol. The molecule has 0 radical (unpaired) electrons. The van der Waals surface area contributed by atoms with Crippen LogP contribution in [0.5, 0.6) is 0 Å². The maximum atomic E-state index is 12.6. The number of nitrogens with zero attached hydrogens (tertiary/aromatic N) is 3. The topological polar surface area (TPSA) is 161 Å². The summed E-state index contributed by atoms with van der Waals surface area (Å²) < 4.78 is 21.8. The lowest BCUT2D eigenvalue weighted by Crippen LogP contribution is -2.57. The second-order valence-electron chi connectivity index (χ2n) is 8.82. The highest BCUT2D eigenvalue weighted by molar-refractivity contribution is 5.76. The molecule has 0 aromatic rings. The number of esters is 1. The average molecular weight is 496 g/mol. The summed E-state index contributed by atoms with van der Waals surface area (Å²) in [6, 6.07) is -1.63. The Morgan fingerprint density at radius 3 is 2.54 bits per heavy atom. The van der Waals surface area contributed by atoms with Gasteiger partial charge in [0.25, 0.3) is 0 Å². The third-order valence-electron chi connectivity index (χ3n) is 4.85. The van der Waals surface area contributed by atoms with E-state index in [1.807, 2.05) is 6.92 Å². The van der Waals surface area contributed by atoms with Crippen molar-refractivity contribution < 1.29 is 33.3 Å². The van der Waals surface area contributed by atoms with Gasteiger partial charge in [0.1, 0.15) is 24.0 Å². The van der Waals surface area contributed by atoms with Crippen LogP contribution in [0.1, 0.15) is 53.9 Å². The van der Waals surface area contributed by atoms with Crippen molar-refractivity contribution in [2.45, 2.75) is 77.7 Å². The van der Waals surface area contributed by atoms with Crippen molar-refractivity contribution in [2.75, 3.05) is 19.8 Å². The van der Waals surface area contributed by atoms with Gasteiger partial charge in [0.2, 0.25) is 0 Å². The number of rotatable bonds is 12. The van der Waals surface area contributed by atoms with Gasteiger partial charge in [-0.2, -0.15) is 0 Å². The van der Waals surface area contributed by atoms with Crippen LogP contribution in [0.4, 0.5) is 9.59 Å². The zero-order chi connectivity index (χ0) is 26.4. The van der Waals surface area contributed by atoms with Crippen molar-refractivity contribution in [1.29, 1.82) is 0 Å². The van der Waals surface area contributed by atoms with Crippen LogP contribution in [0.25, 0.3) is 10.4 Å². The van der Waals surface area contributed by atoms with E-state index in [-0.39, 0.29) is 38.0 Å². The van der Waals surface area contributed by atoms with E-state index in [1.165, 1.54) is 6.08 Å². The number of alkyl carbamates (subject to hydrolysis) is 2. The van der Waals surface area contributed by atoms with Gasteiger partial charge in [0, 0.05) is 11.5 Å². The number of carbonyl (C=O) groups excluding carboxylic acids is 3. The average Bonchev–Trinajstić information content (AvgIpc) is 2.77. The second kappa shape index (κ2) is 14.8. The fourth-order valence-electron chi connectivity index (χ4n) is 3.37. The molecular formula is C23H37N5O7. The smallest absolute Gasteiger partial charge is 0.408 e. The van der Waals surface area contributed by atoms with E-state index in [0.717, 1.165) is 0 Å². The summed E-state index contributed by atoms with van der Waals surface area (Å²) in [5.41, 5.74) is 7.81. The summed E-state index contributed by atoms with van der Waals surface area (Å²) in [5.74, 6) is -0.958. The minimum absolute atomic E-state index is 0.0134. The summed E-state index contributed by atoms with van der Waals surface area (Å²) in [6.45, 7) is 12.7. The Bertz CT molecular complexity index is 818. The van der Waals surface area contributed by atoms with Crippen molar-refractivity contribution in [1.82, 2.24) is 10.6 Å². The molecule has 0 bridgehead atoms. The Hall–Kier alpha value is -3.40. The van der Waals surface area contributed by atoms with Crippen LogP contribution in [0, 0.1) is 5.92 Å². The number of hydrogen-bond acceptors (Lipinski definition) is 8. The van der Waals surface area contributed by atoms with E-state index >= 15 is 0 Å². The highest BCUT2D eigenvalue weighted by Crippen LogP contribution is 2.28. The number of ether oxygens (including phenoxy) is 4. The molecule has 0 fully saturated rings. The Kier molecular flexibility index (Phi) is 12.5. The van der Waals surface area contributed by atoms with E-state index in [9.17, 15) is 14.4 Å². The predicted octanol–water partition coefficient (Wildman–Crippen LogP) is 4.12. The Morgan fingerprint density at radius 2 is 1.97 bits per heavy atom. The summed E-state index contributed by atoms with van der Waals surface area (Å²) in [5, 5.41) is 8.99. The quantitative estimate of drug-likeness (QED) is 0.103. The van der Waals surface area contributed by atoms with Crippen LogP contribution >= 0.6 is 0 Å². The Balaban J connectivity index is 3.32. The van der Waals surface area contributed by atoms with Crippen LogP contribution in [-0.2, 0) is 23.7 Å². The summed E-state index contributed by atoms with van der Waals surface area (Å²) in [4.78, 5) is 40.3. The van der Waals surface area contributed by atoms with Gasteiger partial charge in [0.05, 0.1) is 24.7 Å². The monoisotopic (exact) mass is 495 g/mol. The summed E-state index contributed by atoms with van der Waals surface area (Å²) in [7, 11) is 0. The van der Waals surface area contributed by atoms with Crippen LogP contribution < -0.4 is 10.6 Å². The van der Waals surface area contributed by atoms with E-state index in [4.69, 9.17) is 24.5 Å². The van der Waals surface area contributed by atoms with Crippen molar-refractivity contribution in [3.63, 3.8) is 0 Å². The Labute approximate surface area is 206 Å². The minimum atomic E-state index is -0.861. The van der Waals surface area contributed by atoms with Crippen molar-refractivity contribution in [3.8, 4) is 0 Å². The van der Waals surface area contributed by atoms with E-state index < -0.39 is 41.8 Å². The van der Waals surface area contributed by atoms with Crippen LogP contribution in [-0.4, -0.2) is 61.7 Å². The first-order chi connectivity index (χ1) is 16.5. The highest BCUT2D eigenvalue weighted by Gasteiger charge is 2.40. The molecule has 2 unspecified atom stereocenters. The molecule has 12 heteroatoms. The van der Waals surface area contributed by atoms with Gasteiger partial charge in [-0.05, 0) is 58.6 Å². The molecule has 0 saturated heterocycles. The number of hydrogen-bond donors (Lipinski definition) is 2. The highest BCUT2D eigenvalue weighted by atomic mass is 16.6. The number of amides is 2. The third-order valence-corrected chi connectivity index (χ3v) is 4.85. The predicted molar refractivity (Wildman–Crippen MR) is 128 cm³/mol. The standard InChI is InChI=1S/C23H37N5O7/c1-7-12-33-21(30)26-17-13-15(20(29)32-9-3)14-18(34-16(8-2)10-11-25-28-24)19(17)27-22(31)35-23(4,5)6/h7,14-17,19H,1,8-13H2,2-6H3,(H,26,30)(H,27,31)/t15?,16?,17-,19-/m0/s1. The van der Waals surface area contributed by atoms with Gasteiger partial charge in [-0.1, -0.05) is 24.7 Å². The zero-order valence-electron chi connectivity index (χ0n) is 21.1. The lowest BCUT2D eigenvalue weighted by Gasteiger charge is -2.37. The van der Waals surface area contributed by atoms with Gasteiger partial charge in [-0.15, -0.1) is 0 Å². The summed E-state index contributed by atoms with van der Waals surface area (Å²) >= 11 is 0. The van der Waals surface area contributed by atoms with Crippen LogP contribution in [0.3, 0.4) is 0 Å². The van der Waals surface area contributed by atoms with E-state index in [0.29, 0.717) is 12.8 Å². The molecule has 0 aromatic carbocycles. The largest absolute Gasteiger partial charge is 0.493 e. The molecule has 2 N–H and O–H groups in total. The van der Waals surface area contributed by atoms with Crippen molar-refractivity contribution in [3.05, 3.63) is 34.9 Å². The number of azide groups is 1. The molecule has 1 rings (SSSR count). The normalized spacial score (nSPS) is 20.3. The lowest BCUT2D eigenvalue weighted by atomic mass is 9.86. The van der Waals surface area contributed by atoms with Gasteiger partial charge in [0.15, 0.2) is 0 Å². The molecule has 35 heavy (non-hydrogen) atoms. The first-order valence-electron chi connectivity index (χ1n) is 11.6. The van der Waals surface area contributed by atoms with Crippen LogP contribution in [0.2, 0.25) is 0 Å². The SMILES string of the molecule is C=CCOC(=O)N[C@H]1CC(C(=O)OCC)C=C(OC(CC)CCN=[N+]=[N-])[C@H]1NC(=O)OC(C)(C)C. The molecule has 4 atom stereocenters. The molecule has 2 amide bonds. The molecule has 1 aliphatic rings. The number of carbonyl (C=O) groups is 3. The maximum Gasteiger partial charge on any atom is 0.408 e. The molecule has 0 spiro atoms. The van der Waals surface area contributed by atoms with Gasteiger partial charge < -0.3 is 29.6 Å².